The third-order valence-corrected chi connectivity index (χ3v) is 8.94. The molecule has 7 rings (SSSR count). The lowest BCUT2D eigenvalue weighted by molar-refractivity contribution is 0.281. The van der Waals surface area contributed by atoms with Crippen molar-refractivity contribution in [1.82, 2.24) is 24.8 Å². The number of fused-ring (bicyclic) bond motifs is 4. The highest BCUT2D eigenvalue weighted by Gasteiger charge is 2.34. The van der Waals surface area contributed by atoms with Crippen molar-refractivity contribution in [1.29, 1.82) is 0 Å². The van der Waals surface area contributed by atoms with Crippen LogP contribution in [0, 0.1) is 5.82 Å². The maximum atomic E-state index is 16.8. The molecule has 2 unspecified atom stereocenters. The Hall–Kier alpha value is -3.07. The smallest absolute Gasteiger partial charge is 0.350 e. The van der Waals surface area contributed by atoms with E-state index >= 15 is 4.39 Å². The Morgan fingerprint density at radius 2 is 1.87 bits per heavy atom. The summed E-state index contributed by atoms with van der Waals surface area (Å²) >= 11 is 6.60. The van der Waals surface area contributed by atoms with E-state index in [1.807, 2.05) is 30.3 Å². The summed E-state index contributed by atoms with van der Waals surface area (Å²) in [6.07, 6.45) is 5.92. The topological polar surface area (TPSA) is 66.3 Å². The molecule has 0 spiro atoms. The van der Waals surface area contributed by atoms with Crippen molar-refractivity contribution < 1.29 is 4.39 Å². The highest BCUT2D eigenvalue weighted by Crippen LogP contribution is 2.37. The summed E-state index contributed by atoms with van der Waals surface area (Å²) in [5.74, 6) is 0.0303. The molecule has 3 atom stereocenters. The molecule has 1 N–H and O–H groups in total. The maximum Gasteiger partial charge on any atom is 0.350 e. The average molecular weight is 533 g/mol. The molecule has 3 fully saturated rings. The number of likely N-dealkylation sites (tertiary alicyclic amines) is 1. The van der Waals surface area contributed by atoms with Gasteiger partial charge in [0.2, 0.25) is 0 Å². The molecule has 0 aliphatic carbocycles. The molecule has 3 aliphatic heterocycles. The van der Waals surface area contributed by atoms with Crippen molar-refractivity contribution >= 4 is 39.1 Å². The standard InChI is InChI=1S/C29H30ClFN6O/c1-35-12-4-7-20(35)16-37-27-22(28(34-29(37)38)36-14-18-10-11-19(15-36)33-18)13-32-26(25(27)31)21-8-2-5-17-6-3-9-23(30)24(17)21/h2-3,5-6,8-9,13,18-20,33H,4,7,10-12,14-16H2,1H3/t18?,19?,20-/m0/s1. The highest BCUT2D eigenvalue weighted by atomic mass is 35.5. The van der Waals surface area contributed by atoms with E-state index in [0.29, 0.717) is 40.4 Å². The third-order valence-electron chi connectivity index (χ3n) is 8.63. The monoisotopic (exact) mass is 532 g/mol. The van der Waals surface area contributed by atoms with Crippen LogP contribution in [0.3, 0.4) is 0 Å². The lowest BCUT2D eigenvalue weighted by atomic mass is 10.0. The number of anilines is 1. The van der Waals surface area contributed by atoms with Crippen LogP contribution in [0.25, 0.3) is 32.9 Å². The number of hydrogen-bond acceptors (Lipinski definition) is 6. The molecular weight excluding hydrogens is 503 g/mol. The number of hydrogen-bond donors (Lipinski definition) is 1. The van der Waals surface area contributed by atoms with Gasteiger partial charge in [0.25, 0.3) is 0 Å². The molecule has 0 amide bonds. The molecule has 3 saturated heterocycles. The number of aromatic nitrogens is 3. The van der Waals surface area contributed by atoms with Crippen LogP contribution in [0.5, 0.6) is 0 Å². The molecule has 2 aromatic carbocycles. The van der Waals surface area contributed by atoms with Gasteiger partial charge < -0.3 is 15.1 Å². The summed E-state index contributed by atoms with van der Waals surface area (Å²) in [6.45, 7) is 2.85. The van der Waals surface area contributed by atoms with Gasteiger partial charge in [-0.2, -0.15) is 4.98 Å². The number of pyridine rings is 1. The van der Waals surface area contributed by atoms with Crippen LogP contribution in [0.2, 0.25) is 5.02 Å². The Labute approximate surface area is 225 Å². The Kier molecular flexibility index (Phi) is 5.87. The first-order valence-electron chi connectivity index (χ1n) is 13.5. The summed E-state index contributed by atoms with van der Waals surface area (Å²) in [4.78, 5) is 27.2. The van der Waals surface area contributed by atoms with Crippen LogP contribution in [0.4, 0.5) is 10.2 Å². The van der Waals surface area contributed by atoms with Gasteiger partial charge in [-0.15, -0.1) is 0 Å². The summed E-state index contributed by atoms with van der Waals surface area (Å²) in [5.41, 5.74) is 0.677. The predicted molar refractivity (Wildman–Crippen MR) is 150 cm³/mol. The lowest BCUT2D eigenvalue weighted by Gasteiger charge is -2.34. The Morgan fingerprint density at radius 3 is 2.61 bits per heavy atom. The number of likely N-dealkylation sites (N-methyl/N-ethyl adjacent to an activating group) is 1. The van der Waals surface area contributed by atoms with Gasteiger partial charge in [0.05, 0.1) is 10.9 Å². The number of halogens is 2. The SMILES string of the molecule is CN1CCC[C@H]1Cn1c(=O)nc(N2CC3CCC(C2)N3)c2cnc(-c3cccc4cccc(Cl)c34)c(F)c21. The molecule has 4 aromatic rings. The van der Waals surface area contributed by atoms with Gasteiger partial charge >= 0.3 is 5.69 Å². The van der Waals surface area contributed by atoms with Gasteiger partial charge in [-0.1, -0.05) is 41.9 Å². The minimum absolute atomic E-state index is 0.154. The van der Waals surface area contributed by atoms with Crippen LogP contribution in [0.1, 0.15) is 25.7 Å². The van der Waals surface area contributed by atoms with Crippen LogP contribution in [-0.4, -0.2) is 64.2 Å². The third kappa shape index (κ3) is 3.89. The molecule has 2 aromatic heterocycles. The fraction of sp³-hybridized carbons (Fsp3) is 0.414. The van der Waals surface area contributed by atoms with Crippen LogP contribution in [-0.2, 0) is 6.54 Å². The Bertz CT molecular complexity index is 1610. The summed E-state index contributed by atoms with van der Waals surface area (Å²) in [5, 5.41) is 6.40. The zero-order valence-electron chi connectivity index (χ0n) is 21.3. The van der Waals surface area contributed by atoms with Crippen molar-refractivity contribution in [3.63, 3.8) is 0 Å². The lowest BCUT2D eigenvalue weighted by Crippen LogP contribution is -2.52. The van der Waals surface area contributed by atoms with Crippen molar-refractivity contribution in [2.45, 2.75) is 50.4 Å². The first kappa shape index (κ1) is 24.0. The van der Waals surface area contributed by atoms with Crippen molar-refractivity contribution in [2.24, 2.45) is 0 Å². The highest BCUT2D eigenvalue weighted by molar-refractivity contribution is 6.36. The quantitative estimate of drug-likeness (QED) is 0.419. The number of rotatable bonds is 4. The van der Waals surface area contributed by atoms with Crippen LogP contribution in [0.15, 0.2) is 47.4 Å². The summed E-state index contributed by atoms with van der Waals surface area (Å²) < 4.78 is 18.3. The zero-order valence-corrected chi connectivity index (χ0v) is 22.1. The predicted octanol–water partition coefficient (Wildman–Crippen LogP) is 4.44. The van der Waals surface area contributed by atoms with E-state index in [1.165, 1.54) is 4.57 Å². The minimum Gasteiger partial charge on any atom is -0.353 e. The second-order valence-electron chi connectivity index (χ2n) is 11.0. The van der Waals surface area contributed by atoms with Gasteiger partial charge in [0, 0.05) is 59.9 Å². The van der Waals surface area contributed by atoms with E-state index in [9.17, 15) is 4.79 Å². The Balaban J connectivity index is 1.46. The number of nitrogens with one attached hydrogen (secondary N) is 1. The number of piperazine rings is 1. The average Bonchev–Trinajstić information content (AvgIpc) is 3.48. The summed E-state index contributed by atoms with van der Waals surface area (Å²) in [6, 6.07) is 12.2. The van der Waals surface area contributed by atoms with Crippen molar-refractivity contribution in [3.8, 4) is 11.3 Å². The van der Waals surface area contributed by atoms with Crippen LogP contribution < -0.4 is 15.9 Å². The molecular formula is C29H30ClFN6O. The van der Waals surface area contributed by atoms with Gasteiger partial charge in [-0.3, -0.25) is 9.55 Å². The fourth-order valence-electron chi connectivity index (χ4n) is 6.69. The molecule has 0 saturated carbocycles. The molecule has 38 heavy (non-hydrogen) atoms. The first-order chi connectivity index (χ1) is 18.5. The van der Waals surface area contributed by atoms with Gasteiger partial charge in [-0.05, 0) is 50.7 Å². The molecule has 3 aliphatic rings. The first-order valence-corrected chi connectivity index (χ1v) is 13.8. The van der Waals surface area contributed by atoms with Gasteiger partial charge in [0.15, 0.2) is 5.82 Å². The van der Waals surface area contributed by atoms with Crippen LogP contribution >= 0.6 is 11.6 Å². The van der Waals surface area contributed by atoms with E-state index in [1.54, 1.807) is 12.3 Å². The summed E-state index contributed by atoms with van der Waals surface area (Å²) in [7, 11) is 2.06. The number of nitrogens with zero attached hydrogens (tertiary/aromatic N) is 5. The largest absolute Gasteiger partial charge is 0.353 e. The molecule has 7 nitrogen and oxygen atoms in total. The van der Waals surface area contributed by atoms with Crippen molar-refractivity contribution in [3.05, 3.63) is 63.9 Å². The van der Waals surface area contributed by atoms with Crippen molar-refractivity contribution in [2.75, 3.05) is 31.6 Å². The normalized spacial score (nSPS) is 23.7. The second kappa shape index (κ2) is 9.29. The van der Waals surface area contributed by atoms with E-state index in [-0.39, 0.29) is 17.3 Å². The van der Waals surface area contributed by atoms with E-state index in [4.69, 9.17) is 11.6 Å². The Morgan fingerprint density at radius 1 is 1.11 bits per heavy atom. The van der Waals surface area contributed by atoms with Gasteiger partial charge in [0.1, 0.15) is 11.5 Å². The second-order valence-corrected chi connectivity index (χ2v) is 11.4. The molecule has 2 bridgehead atoms. The van der Waals surface area contributed by atoms with E-state index in [2.05, 4.69) is 32.1 Å². The fourth-order valence-corrected chi connectivity index (χ4v) is 6.98. The molecule has 5 heterocycles. The molecule has 9 heteroatoms. The zero-order chi connectivity index (χ0) is 26.0. The van der Waals surface area contributed by atoms with E-state index in [0.717, 1.165) is 56.1 Å². The maximum absolute atomic E-state index is 16.8. The number of benzene rings is 2. The molecule has 0 radical (unpaired) electrons. The van der Waals surface area contributed by atoms with Gasteiger partial charge in [-0.25, -0.2) is 9.18 Å². The molecule has 196 valence electrons. The van der Waals surface area contributed by atoms with E-state index < -0.39 is 11.5 Å². The minimum atomic E-state index is -0.505.